The van der Waals surface area contributed by atoms with Crippen molar-refractivity contribution in [1.29, 1.82) is 5.26 Å². The Morgan fingerprint density at radius 1 is 1.36 bits per heavy atom. The van der Waals surface area contributed by atoms with Crippen LogP contribution in [0.4, 0.5) is 0 Å². The van der Waals surface area contributed by atoms with Gasteiger partial charge in [-0.15, -0.1) is 11.8 Å². The number of Topliss-reactive ketones (excluding diaryl/α,β-unsaturated/α-hetero) is 1. The Balaban J connectivity index is 2.28. The molecule has 3 heteroatoms. The SMILES string of the molecule is N#CC1(C2=CSCC2=O)CCCCC1. The Bertz CT molecular complexity index is 321. The van der Waals surface area contributed by atoms with Gasteiger partial charge in [0.2, 0.25) is 0 Å². The van der Waals surface area contributed by atoms with Crippen molar-refractivity contribution in [3.63, 3.8) is 0 Å². The predicted molar refractivity (Wildman–Crippen MR) is 56.7 cm³/mol. The molecule has 0 saturated heterocycles. The molecule has 0 bridgehead atoms. The molecule has 0 atom stereocenters. The topological polar surface area (TPSA) is 40.9 Å². The molecule has 74 valence electrons. The van der Waals surface area contributed by atoms with E-state index in [1.807, 2.05) is 5.41 Å². The molecule has 0 radical (unpaired) electrons. The first-order valence-corrected chi connectivity index (χ1v) is 6.10. The van der Waals surface area contributed by atoms with E-state index in [9.17, 15) is 10.1 Å². The second-order valence-electron chi connectivity index (χ2n) is 4.02. The number of hydrogen-bond donors (Lipinski definition) is 0. The number of ketones is 1. The van der Waals surface area contributed by atoms with Gasteiger partial charge in [-0.05, 0) is 18.2 Å². The molecule has 0 spiro atoms. The highest BCUT2D eigenvalue weighted by atomic mass is 32.2. The van der Waals surface area contributed by atoms with E-state index < -0.39 is 5.41 Å². The molecule has 2 nitrogen and oxygen atoms in total. The van der Waals surface area contributed by atoms with Crippen molar-refractivity contribution in [2.45, 2.75) is 32.1 Å². The van der Waals surface area contributed by atoms with Crippen LogP contribution in [-0.2, 0) is 4.79 Å². The fourth-order valence-corrected chi connectivity index (χ4v) is 3.23. The third-order valence-electron chi connectivity index (χ3n) is 3.15. The molecule has 14 heavy (non-hydrogen) atoms. The summed E-state index contributed by atoms with van der Waals surface area (Å²) in [4.78, 5) is 11.6. The highest BCUT2D eigenvalue weighted by Crippen LogP contribution is 2.45. The van der Waals surface area contributed by atoms with Crippen LogP contribution in [-0.4, -0.2) is 11.5 Å². The maximum Gasteiger partial charge on any atom is 0.171 e. The van der Waals surface area contributed by atoms with E-state index in [4.69, 9.17) is 0 Å². The van der Waals surface area contributed by atoms with Crippen LogP contribution in [0.1, 0.15) is 32.1 Å². The van der Waals surface area contributed by atoms with Crippen LogP contribution in [0.3, 0.4) is 0 Å². The van der Waals surface area contributed by atoms with E-state index >= 15 is 0 Å². The van der Waals surface area contributed by atoms with Gasteiger partial charge in [-0.2, -0.15) is 5.26 Å². The van der Waals surface area contributed by atoms with Crippen LogP contribution in [0.5, 0.6) is 0 Å². The molecule has 0 unspecified atom stereocenters. The molecule has 1 fully saturated rings. The van der Waals surface area contributed by atoms with Gasteiger partial charge in [0.05, 0.1) is 17.2 Å². The average molecular weight is 207 g/mol. The van der Waals surface area contributed by atoms with Crippen LogP contribution < -0.4 is 0 Å². The molecular formula is C11H13NOS. The minimum Gasteiger partial charge on any atom is -0.294 e. The monoisotopic (exact) mass is 207 g/mol. The first kappa shape index (κ1) is 9.79. The number of nitrogens with zero attached hydrogens (tertiary/aromatic N) is 1. The van der Waals surface area contributed by atoms with E-state index in [0.717, 1.165) is 31.3 Å². The highest BCUT2D eigenvalue weighted by Gasteiger charge is 2.40. The zero-order valence-corrected chi connectivity index (χ0v) is 8.90. The van der Waals surface area contributed by atoms with Crippen LogP contribution in [0.15, 0.2) is 11.0 Å². The standard InChI is InChI=1S/C11H13NOS/c12-8-11(4-2-1-3-5-11)9-6-14-7-10(9)13/h6H,1-5,7H2. The quantitative estimate of drug-likeness (QED) is 0.663. The Hall–Kier alpha value is -0.750. The fraction of sp³-hybridized carbons (Fsp3) is 0.636. The van der Waals surface area contributed by atoms with Crippen molar-refractivity contribution < 1.29 is 4.79 Å². The third-order valence-corrected chi connectivity index (χ3v) is 3.98. The van der Waals surface area contributed by atoms with E-state index in [-0.39, 0.29) is 5.78 Å². The molecule has 1 aliphatic carbocycles. The first-order chi connectivity index (χ1) is 6.78. The maximum absolute atomic E-state index is 11.6. The Morgan fingerprint density at radius 2 is 2.07 bits per heavy atom. The summed E-state index contributed by atoms with van der Waals surface area (Å²) in [6, 6.07) is 2.39. The summed E-state index contributed by atoms with van der Waals surface area (Å²) in [6.07, 6.45) is 5.13. The molecular weight excluding hydrogens is 194 g/mol. The van der Waals surface area contributed by atoms with Gasteiger partial charge in [-0.3, -0.25) is 4.79 Å². The molecule has 1 saturated carbocycles. The van der Waals surface area contributed by atoms with Crippen molar-refractivity contribution in [3.8, 4) is 6.07 Å². The number of carbonyl (C=O) groups is 1. The molecule has 1 heterocycles. The van der Waals surface area contributed by atoms with Crippen LogP contribution >= 0.6 is 11.8 Å². The van der Waals surface area contributed by atoms with Crippen molar-refractivity contribution in [2.75, 3.05) is 5.75 Å². The minimum atomic E-state index is -0.432. The molecule has 2 rings (SSSR count). The Kier molecular flexibility index (Phi) is 2.64. The average Bonchev–Trinajstić information content (AvgIpc) is 2.66. The van der Waals surface area contributed by atoms with Gasteiger partial charge in [0.25, 0.3) is 0 Å². The zero-order valence-electron chi connectivity index (χ0n) is 8.08. The first-order valence-electron chi connectivity index (χ1n) is 5.05. The molecule has 0 amide bonds. The normalized spacial score (nSPS) is 25.6. The number of rotatable bonds is 1. The van der Waals surface area contributed by atoms with Gasteiger partial charge in [0.15, 0.2) is 5.78 Å². The van der Waals surface area contributed by atoms with Crippen LogP contribution in [0.25, 0.3) is 0 Å². The molecule has 0 N–H and O–H groups in total. The summed E-state index contributed by atoms with van der Waals surface area (Å²) in [5.41, 5.74) is 0.364. The number of allylic oxidation sites excluding steroid dienone is 1. The van der Waals surface area contributed by atoms with Crippen molar-refractivity contribution >= 4 is 17.5 Å². The van der Waals surface area contributed by atoms with E-state index in [2.05, 4.69) is 6.07 Å². The lowest BCUT2D eigenvalue weighted by Crippen LogP contribution is -2.28. The molecule has 1 aliphatic heterocycles. The lowest BCUT2D eigenvalue weighted by Gasteiger charge is -2.30. The van der Waals surface area contributed by atoms with Gasteiger partial charge in [0.1, 0.15) is 0 Å². The lowest BCUT2D eigenvalue weighted by atomic mass is 9.69. The molecule has 2 aliphatic rings. The zero-order chi connectivity index (χ0) is 10.0. The van der Waals surface area contributed by atoms with Crippen LogP contribution in [0, 0.1) is 16.7 Å². The second kappa shape index (κ2) is 3.78. The van der Waals surface area contributed by atoms with Gasteiger partial charge >= 0.3 is 0 Å². The van der Waals surface area contributed by atoms with E-state index in [1.165, 1.54) is 18.2 Å². The van der Waals surface area contributed by atoms with Crippen LogP contribution in [0.2, 0.25) is 0 Å². The summed E-state index contributed by atoms with van der Waals surface area (Å²) in [7, 11) is 0. The number of hydrogen-bond acceptors (Lipinski definition) is 3. The maximum atomic E-state index is 11.6. The molecule has 0 aromatic carbocycles. The fourth-order valence-electron chi connectivity index (χ4n) is 2.32. The highest BCUT2D eigenvalue weighted by molar-refractivity contribution is 8.03. The lowest BCUT2D eigenvalue weighted by molar-refractivity contribution is -0.114. The molecule has 0 aromatic rings. The van der Waals surface area contributed by atoms with Gasteiger partial charge in [-0.25, -0.2) is 0 Å². The van der Waals surface area contributed by atoms with Crippen molar-refractivity contribution in [3.05, 3.63) is 11.0 Å². The smallest absolute Gasteiger partial charge is 0.171 e. The van der Waals surface area contributed by atoms with Gasteiger partial charge in [-0.1, -0.05) is 19.3 Å². The summed E-state index contributed by atoms with van der Waals surface area (Å²) >= 11 is 1.54. The minimum absolute atomic E-state index is 0.179. The predicted octanol–water partition coefficient (Wildman–Crippen LogP) is 2.66. The number of thioether (sulfide) groups is 1. The number of carbonyl (C=O) groups excluding carboxylic acids is 1. The molecule has 0 aromatic heterocycles. The third kappa shape index (κ3) is 1.48. The summed E-state index contributed by atoms with van der Waals surface area (Å²) in [5.74, 6) is 0.720. The van der Waals surface area contributed by atoms with Gasteiger partial charge in [0, 0.05) is 5.57 Å². The largest absolute Gasteiger partial charge is 0.294 e. The second-order valence-corrected chi connectivity index (χ2v) is 4.88. The summed E-state index contributed by atoms with van der Waals surface area (Å²) in [5, 5.41) is 11.2. The Morgan fingerprint density at radius 3 is 2.57 bits per heavy atom. The summed E-state index contributed by atoms with van der Waals surface area (Å²) < 4.78 is 0. The van der Waals surface area contributed by atoms with Crippen molar-refractivity contribution in [1.82, 2.24) is 0 Å². The Labute approximate surface area is 88.4 Å². The van der Waals surface area contributed by atoms with Gasteiger partial charge < -0.3 is 0 Å². The number of nitriles is 1. The van der Waals surface area contributed by atoms with E-state index in [1.54, 1.807) is 0 Å². The summed E-state index contributed by atoms with van der Waals surface area (Å²) in [6.45, 7) is 0. The van der Waals surface area contributed by atoms with E-state index in [0.29, 0.717) is 5.75 Å². The van der Waals surface area contributed by atoms with Crippen molar-refractivity contribution in [2.24, 2.45) is 5.41 Å².